The Balaban J connectivity index is 2.16. The molecule has 3 aromatic rings. The highest BCUT2D eigenvalue weighted by Gasteiger charge is 2.16. The summed E-state index contributed by atoms with van der Waals surface area (Å²) in [7, 11) is 0. The number of carboxylic acid groups (broad SMARTS) is 1. The minimum Gasteiger partial charge on any atom is -0.478 e. The van der Waals surface area contributed by atoms with Crippen LogP contribution < -0.4 is 0 Å². The molecule has 0 spiro atoms. The van der Waals surface area contributed by atoms with Crippen molar-refractivity contribution in [2.24, 2.45) is 0 Å². The van der Waals surface area contributed by atoms with Gasteiger partial charge in [-0.05, 0) is 58.0 Å². The Morgan fingerprint density at radius 1 is 1.33 bits per heavy atom. The van der Waals surface area contributed by atoms with Crippen molar-refractivity contribution in [2.75, 3.05) is 0 Å². The second-order valence-electron chi connectivity index (χ2n) is 4.64. The maximum absolute atomic E-state index is 14.0. The molecule has 0 atom stereocenters. The second kappa shape index (κ2) is 5.44. The summed E-state index contributed by atoms with van der Waals surface area (Å²) in [6, 6.07) is 8.10. The first-order valence-electron chi connectivity index (χ1n) is 6.18. The molecule has 0 bridgehead atoms. The van der Waals surface area contributed by atoms with E-state index < -0.39 is 5.97 Å². The summed E-state index contributed by atoms with van der Waals surface area (Å²) in [5.74, 6) is -1.36. The topological polar surface area (TPSA) is 66.0 Å². The van der Waals surface area contributed by atoms with Crippen LogP contribution >= 0.6 is 22.6 Å². The third-order valence-electron chi connectivity index (χ3n) is 3.35. The van der Waals surface area contributed by atoms with Crippen molar-refractivity contribution in [3.05, 3.63) is 62.6 Å². The van der Waals surface area contributed by atoms with Crippen LogP contribution in [0.3, 0.4) is 0 Å². The van der Waals surface area contributed by atoms with Crippen LogP contribution in [0.15, 0.2) is 36.5 Å². The molecule has 6 heteroatoms. The molecule has 0 aliphatic carbocycles. The molecule has 0 saturated heterocycles. The number of fused-ring (bicyclic) bond motifs is 1. The first kappa shape index (κ1) is 14.0. The van der Waals surface area contributed by atoms with E-state index in [4.69, 9.17) is 0 Å². The predicted molar refractivity (Wildman–Crippen MR) is 85.0 cm³/mol. The molecule has 3 rings (SSSR count). The van der Waals surface area contributed by atoms with Crippen LogP contribution in [0.5, 0.6) is 0 Å². The first-order chi connectivity index (χ1) is 10.1. The second-order valence-corrected chi connectivity index (χ2v) is 5.89. The van der Waals surface area contributed by atoms with Crippen molar-refractivity contribution in [1.82, 2.24) is 10.2 Å². The standard InChI is InChI=1S/C15H10FIN2O2/c16-13-6-9(17)2-1-8(13)5-11-10(15(20)21)3-4-14-12(11)7-18-19-14/h1-4,6-7H,5H2,(H,18,19)(H,20,21). The fourth-order valence-corrected chi connectivity index (χ4v) is 2.78. The van der Waals surface area contributed by atoms with Gasteiger partial charge < -0.3 is 5.11 Å². The van der Waals surface area contributed by atoms with E-state index in [9.17, 15) is 14.3 Å². The van der Waals surface area contributed by atoms with Gasteiger partial charge in [-0.15, -0.1) is 0 Å². The summed E-state index contributed by atoms with van der Waals surface area (Å²) in [6.45, 7) is 0. The molecule has 0 aliphatic rings. The van der Waals surface area contributed by atoms with Gasteiger partial charge in [0.2, 0.25) is 0 Å². The van der Waals surface area contributed by atoms with Crippen LogP contribution in [0.25, 0.3) is 10.9 Å². The van der Waals surface area contributed by atoms with E-state index in [-0.39, 0.29) is 17.8 Å². The number of carboxylic acids is 1. The predicted octanol–water partition coefficient (Wildman–Crippen LogP) is 3.60. The highest BCUT2D eigenvalue weighted by Crippen LogP contribution is 2.25. The molecule has 0 saturated carbocycles. The third-order valence-corrected chi connectivity index (χ3v) is 4.02. The maximum atomic E-state index is 14.0. The summed E-state index contributed by atoms with van der Waals surface area (Å²) in [5.41, 5.74) is 1.93. The summed E-state index contributed by atoms with van der Waals surface area (Å²) in [5, 5.41) is 16.8. The number of aromatic carboxylic acids is 1. The van der Waals surface area contributed by atoms with Gasteiger partial charge in [-0.2, -0.15) is 5.10 Å². The monoisotopic (exact) mass is 396 g/mol. The highest BCUT2D eigenvalue weighted by atomic mass is 127. The Labute approximate surface area is 133 Å². The lowest BCUT2D eigenvalue weighted by molar-refractivity contribution is 0.0696. The smallest absolute Gasteiger partial charge is 0.335 e. The molecule has 2 N–H and O–H groups in total. The fourth-order valence-electron chi connectivity index (χ4n) is 2.32. The largest absolute Gasteiger partial charge is 0.478 e. The number of hydrogen-bond acceptors (Lipinski definition) is 2. The van der Waals surface area contributed by atoms with Gasteiger partial charge in [0, 0.05) is 15.4 Å². The Kier molecular flexibility index (Phi) is 3.62. The molecular formula is C15H10FIN2O2. The zero-order chi connectivity index (χ0) is 15.0. The van der Waals surface area contributed by atoms with E-state index in [1.54, 1.807) is 24.4 Å². The van der Waals surface area contributed by atoms with Crippen molar-refractivity contribution < 1.29 is 14.3 Å². The van der Waals surface area contributed by atoms with Crippen molar-refractivity contribution in [1.29, 1.82) is 0 Å². The van der Waals surface area contributed by atoms with Crippen LogP contribution in [0.2, 0.25) is 0 Å². The molecule has 21 heavy (non-hydrogen) atoms. The van der Waals surface area contributed by atoms with Crippen LogP contribution in [0.4, 0.5) is 4.39 Å². The van der Waals surface area contributed by atoms with E-state index in [0.717, 1.165) is 9.09 Å². The van der Waals surface area contributed by atoms with Gasteiger partial charge in [0.1, 0.15) is 5.82 Å². The number of hydrogen-bond donors (Lipinski definition) is 2. The molecule has 2 aromatic carbocycles. The number of benzene rings is 2. The summed E-state index contributed by atoms with van der Waals surface area (Å²) >= 11 is 2.03. The lowest BCUT2D eigenvalue weighted by Gasteiger charge is -2.09. The molecule has 1 heterocycles. The van der Waals surface area contributed by atoms with Crippen LogP contribution in [0, 0.1) is 9.39 Å². The lowest BCUT2D eigenvalue weighted by atomic mass is 9.96. The highest BCUT2D eigenvalue weighted by molar-refractivity contribution is 14.1. The van der Waals surface area contributed by atoms with Crippen molar-refractivity contribution in [2.45, 2.75) is 6.42 Å². The zero-order valence-electron chi connectivity index (χ0n) is 10.7. The minimum absolute atomic E-state index is 0.168. The van der Waals surface area contributed by atoms with Crippen LogP contribution in [0.1, 0.15) is 21.5 Å². The number of aromatic nitrogens is 2. The number of aromatic amines is 1. The zero-order valence-corrected chi connectivity index (χ0v) is 12.9. The number of H-pyrrole nitrogens is 1. The minimum atomic E-state index is -1.03. The van der Waals surface area contributed by atoms with Gasteiger partial charge in [0.25, 0.3) is 0 Å². The molecule has 0 radical (unpaired) electrons. The van der Waals surface area contributed by atoms with Crippen molar-refractivity contribution >= 4 is 39.5 Å². The SMILES string of the molecule is O=C(O)c1ccc2[nH]ncc2c1Cc1ccc(I)cc1F. The Morgan fingerprint density at radius 3 is 2.86 bits per heavy atom. The number of nitrogens with one attached hydrogen (secondary N) is 1. The number of carbonyl (C=O) groups is 1. The first-order valence-corrected chi connectivity index (χ1v) is 7.26. The number of nitrogens with zero attached hydrogens (tertiary/aromatic N) is 1. The van der Waals surface area contributed by atoms with Gasteiger partial charge in [0.15, 0.2) is 0 Å². The summed E-state index contributed by atoms with van der Waals surface area (Å²) in [4.78, 5) is 11.4. The van der Waals surface area contributed by atoms with E-state index in [2.05, 4.69) is 10.2 Å². The van der Waals surface area contributed by atoms with Gasteiger partial charge in [-0.1, -0.05) is 6.07 Å². The van der Waals surface area contributed by atoms with E-state index in [0.29, 0.717) is 16.5 Å². The molecule has 0 amide bonds. The average Bonchev–Trinajstić information content (AvgIpc) is 2.90. The molecule has 0 unspecified atom stereocenters. The molecular weight excluding hydrogens is 386 g/mol. The Bertz CT molecular complexity index is 845. The van der Waals surface area contributed by atoms with E-state index in [1.165, 1.54) is 12.1 Å². The number of halogens is 2. The van der Waals surface area contributed by atoms with Gasteiger partial charge in [-0.3, -0.25) is 5.10 Å². The Morgan fingerprint density at radius 2 is 2.14 bits per heavy atom. The van der Waals surface area contributed by atoms with Crippen LogP contribution in [-0.4, -0.2) is 21.3 Å². The number of rotatable bonds is 3. The van der Waals surface area contributed by atoms with Gasteiger partial charge >= 0.3 is 5.97 Å². The summed E-state index contributed by atoms with van der Waals surface area (Å²) in [6.07, 6.45) is 1.78. The third kappa shape index (κ3) is 2.63. The molecule has 0 aliphatic heterocycles. The van der Waals surface area contributed by atoms with Gasteiger partial charge in [-0.25, -0.2) is 9.18 Å². The quantitative estimate of drug-likeness (QED) is 0.665. The Hall–Kier alpha value is -1.96. The van der Waals surface area contributed by atoms with E-state index in [1.807, 2.05) is 22.6 Å². The van der Waals surface area contributed by atoms with Crippen molar-refractivity contribution in [3.8, 4) is 0 Å². The molecule has 106 valence electrons. The average molecular weight is 396 g/mol. The molecule has 1 aromatic heterocycles. The summed E-state index contributed by atoms with van der Waals surface area (Å²) < 4.78 is 14.8. The maximum Gasteiger partial charge on any atom is 0.335 e. The molecule has 0 fully saturated rings. The fraction of sp³-hybridized carbons (Fsp3) is 0.0667. The van der Waals surface area contributed by atoms with Crippen molar-refractivity contribution in [3.63, 3.8) is 0 Å². The lowest BCUT2D eigenvalue weighted by Crippen LogP contribution is -2.04. The van der Waals surface area contributed by atoms with Gasteiger partial charge in [0.05, 0.1) is 17.3 Å². The van der Waals surface area contributed by atoms with E-state index >= 15 is 0 Å². The normalized spacial score (nSPS) is 11.0. The molecule has 4 nitrogen and oxygen atoms in total. The van der Waals surface area contributed by atoms with Crippen LogP contribution in [-0.2, 0) is 6.42 Å².